The van der Waals surface area contributed by atoms with Crippen LogP contribution >= 0.6 is 11.6 Å². The normalized spacial score (nSPS) is 19.2. The van der Waals surface area contributed by atoms with Crippen LogP contribution in [0.1, 0.15) is 6.42 Å². The van der Waals surface area contributed by atoms with Gasteiger partial charge in [-0.25, -0.2) is 13.9 Å². The molecule has 0 unspecified atom stereocenters. The van der Waals surface area contributed by atoms with Crippen molar-refractivity contribution in [2.75, 3.05) is 5.32 Å². The zero-order chi connectivity index (χ0) is 17.8. The van der Waals surface area contributed by atoms with Crippen LogP contribution in [0.15, 0.2) is 42.9 Å². The second-order valence-electron chi connectivity index (χ2n) is 6.42. The molecule has 0 aliphatic heterocycles. The number of carbonyl (C=O) groups is 1. The van der Waals surface area contributed by atoms with E-state index in [2.05, 4.69) is 20.4 Å². The van der Waals surface area contributed by atoms with Gasteiger partial charge in [0.1, 0.15) is 11.8 Å². The molecule has 0 bridgehead atoms. The van der Waals surface area contributed by atoms with Gasteiger partial charge in [0.05, 0.1) is 16.5 Å². The van der Waals surface area contributed by atoms with E-state index in [9.17, 15) is 9.18 Å². The number of H-pyrrole nitrogens is 1. The predicted molar refractivity (Wildman–Crippen MR) is 96.9 cm³/mol. The molecular weight excluding hydrogens is 357 g/mol. The number of aromatic nitrogens is 4. The number of rotatable bonds is 3. The summed E-state index contributed by atoms with van der Waals surface area (Å²) < 4.78 is 14.6. The molecule has 1 fully saturated rings. The van der Waals surface area contributed by atoms with E-state index >= 15 is 0 Å². The average Bonchev–Trinajstić information content (AvgIpc) is 3.07. The number of amides is 1. The number of alkyl halides is 1. The van der Waals surface area contributed by atoms with Gasteiger partial charge in [0.2, 0.25) is 5.91 Å². The molecule has 0 spiro atoms. The lowest BCUT2D eigenvalue weighted by molar-refractivity contribution is -0.117. The molecule has 4 aromatic rings. The molecule has 130 valence electrons. The maximum Gasteiger partial charge on any atom is 0.231 e. The SMILES string of the molecule is O=C(Nc1cc2cc(-c3cnc4[nH]cc(Cl)c4c3)ccn2n1)[C@@H]1C[C@@H]1F. The van der Waals surface area contributed by atoms with Gasteiger partial charge >= 0.3 is 0 Å². The molecule has 1 amide bonds. The van der Waals surface area contributed by atoms with Crippen molar-refractivity contribution in [2.45, 2.75) is 12.6 Å². The van der Waals surface area contributed by atoms with Crippen molar-refractivity contribution in [2.24, 2.45) is 5.92 Å². The maximum absolute atomic E-state index is 13.0. The Morgan fingerprint density at radius 1 is 1.35 bits per heavy atom. The Balaban J connectivity index is 1.48. The van der Waals surface area contributed by atoms with Crippen molar-refractivity contribution < 1.29 is 9.18 Å². The lowest BCUT2D eigenvalue weighted by atomic mass is 10.1. The van der Waals surface area contributed by atoms with E-state index in [1.54, 1.807) is 29.2 Å². The molecule has 8 heteroatoms. The standard InChI is InChI=1S/C18H13ClFN5O/c19-14-8-22-17-12(14)4-10(7-21-17)9-1-2-25-11(3-9)5-16(24-25)23-18(26)13-6-15(13)20/h1-5,7-8,13,15H,6H2,(H,21,22)(H,23,24,26)/t13-,15+/m1/s1. The lowest BCUT2D eigenvalue weighted by Crippen LogP contribution is -2.15. The van der Waals surface area contributed by atoms with Gasteiger partial charge in [0.25, 0.3) is 0 Å². The van der Waals surface area contributed by atoms with Crippen molar-refractivity contribution in [1.82, 2.24) is 19.6 Å². The van der Waals surface area contributed by atoms with Crippen LogP contribution in [-0.4, -0.2) is 31.7 Å². The van der Waals surface area contributed by atoms with E-state index in [0.717, 1.165) is 27.7 Å². The van der Waals surface area contributed by atoms with Crippen LogP contribution in [0.2, 0.25) is 5.02 Å². The Kier molecular flexibility index (Phi) is 3.27. The van der Waals surface area contributed by atoms with Crippen LogP contribution in [0.4, 0.5) is 10.2 Å². The number of halogens is 2. The summed E-state index contributed by atoms with van der Waals surface area (Å²) in [5.74, 6) is -0.453. The maximum atomic E-state index is 13.0. The highest BCUT2D eigenvalue weighted by Crippen LogP contribution is 2.34. The van der Waals surface area contributed by atoms with Gasteiger partial charge in [-0.15, -0.1) is 0 Å². The molecule has 4 aromatic heterocycles. The summed E-state index contributed by atoms with van der Waals surface area (Å²) in [6, 6.07) is 7.58. The first kappa shape index (κ1) is 15.3. The number of pyridine rings is 2. The molecule has 2 atom stereocenters. The summed E-state index contributed by atoms with van der Waals surface area (Å²) >= 11 is 6.17. The quantitative estimate of drug-likeness (QED) is 0.576. The van der Waals surface area contributed by atoms with Gasteiger partial charge < -0.3 is 10.3 Å². The van der Waals surface area contributed by atoms with Crippen molar-refractivity contribution in [3.8, 4) is 11.1 Å². The first-order chi connectivity index (χ1) is 12.6. The largest absolute Gasteiger partial charge is 0.345 e. The molecule has 1 aliphatic carbocycles. The second kappa shape index (κ2) is 5.54. The van der Waals surface area contributed by atoms with Gasteiger partial charge in [-0.3, -0.25) is 4.79 Å². The number of anilines is 1. The number of hydrogen-bond donors (Lipinski definition) is 2. The first-order valence-corrected chi connectivity index (χ1v) is 8.54. The van der Waals surface area contributed by atoms with Crippen LogP contribution in [0, 0.1) is 5.92 Å². The smallest absolute Gasteiger partial charge is 0.231 e. The molecule has 0 saturated heterocycles. The summed E-state index contributed by atoms with van der Waals surface area (Å²) in [5.41, 5.74) is 3.42. The van der Waals surface area contributed by atoms with Crippen molar-refractivity contribution in [1.29, 1.82) is 0 Å². The van der Waals surface area contributed by atoms with E-state index in [4.69, 9.17) is 11.6 Å². The monoisotopic (exact) mass is 369 g/mol. The van der Waals surface area contributed by atoms with Gasteiger partial charge in [0.15, 0.2) is 5.82 Å². The van der Waals surface area contributed by atoms with Crippen molar-refractivity contribution in [3.05, 3.63) is 47.9 Å². The molecule has 1 aliphatic rings. The Bertz CT molecular complexity index is 1170. The third-order valence-corrected chi connectivity index (χ3v) is 4.89. The minimum atomic E-state index is -1.03. The van der Waals surface area contributed by atoms with Gasteiger partial charge in [-0.2, -0.15) is 5.10 Å². The van der Waals surface area contributed by atoms with Gasteiger partial charge in [0, 0.05) is 35.6 Å². The van der Waals surface area contributed by atoms with Crippen molar-refractivity contribution >= 4 is 39.9 Å². The van der Waals surface area contributed by atoms with Crippen LogP contribution in [0.5, 0.6) is 0 Å². The highest BCUT2D eigenvalue weighted by atomic mass is 35.5. The lowest BCUT2D eigenvalue weighted by Gasteiger charge is -2.02. The summed E-state index contributed by atoms with van der Waals surface area (Å²) in [6.07, 6.45) is 4.55. The summed E-state index contributed by atoms with van der Waals surface area (Å²) in [7, 11) is 0. The second-order valence-corrected chi connectivity index (χ2v) is 6.83. The van der Waals surface area contributed by atoms with Crippen LogP contribution < -0.4 is 5.32 Å². The molecule has 4 heterocycles. The Morgan fingerprint density at radius 2 is 2.19 bits per heavy atom. The summed E-state index contributed by atoms with van der Waals surface area (Å²) in [5, 5.41) is 8.44. The van der Waals surface area contributed by atoms with E-state index in [1.807, 2.05) is 18.2 Å². The summed E-state index contributed by atoms with van der Waals surface area (Å²) in [6.45, 7) is 0. The van der Waals surface area contributed by atoms with Crippen LogP contribution in [0.3, 0.4) is 0 Å². The van der Waals surface area contributed by atoms with E-state index < -0.39 is 12.1 Å². The van der Waals surface area contributed by atoms with E-state index in [-0.39, 0.29) is 5.91 Å². The Morgan fingerprint density at radius 3 is 3.00 bits per heavy atom. The van der Waals surface area contributed by atoms with E-state index in [1.165, 1.54) is 0 Å². The molecule has 0 aromatic carbocycles. The fourth-order valence-electron chi connectivity index (χ4n) is 3.02. The fraction of sp³-hybridized carbons (Fsp3) is 0.167. The zero-order valence-corrected chi connectivity index (χ0v) is 14.2. The number of carbonyl (C=O) groups excluding carboxylic acids is 1. The molecule has 0 radical (unpaired) electrons. The number of nitrogens with zero attached hydrogens (tertiary/aromatic N) is 3. The predicted octanol–water partition coefficient (Wildman–Crippen LogP) is 3.83. The van der Waals surface area contributed by atoms with Gasteiger partial charge in [-0.05, 0) is 30.2 Å². The number of fused-ring (bicyclic) bond motifs is 2. The third-order valence-electron chi connectivity index (χ3n) is 4.58. The van der Waals surface area contributed by atoms with E-state index in [0.29, 0.717) is 17.3 Å². The highest BCUT2D eigenvalue weighted by Gasteiger charge is 2.43. The molecule has 2 N–H and O–H groups in total. The Hall–Kier alpha value is -2.93. The molecule has 6 nitrogen and oxygen atoms in total. The third kappa shape index (κ3) is 2.52. The van der Waals surface area contributed by atoms with Crippen LogP contribution in [0.25, 0.3) is 27.7 Å². The fourth-order valence-corrected chi connectivity index (χ4v) is 3.22. The number of nitrogens with one attached hydrogen (secondary N) is 2. The zero-order valence-electron chi connectivity index (χ0n) is 13.4. The molecule has 26 heavy (non-hydrogen) atoms. The topological polar surface area (TPSA) is 75.1 Å². The van der Waals surface area contributed by atoms with Crippen molar-refractivity contribution in [3.63, 3.8) is 0 Å². The Labute approximate surface area is 152 Å². The molecular formula is C18H13ClFN5O. The highest BCUT2D eigenvalue weighted by molar-refractivity contribution is 6.35. The molecule has 1 saturated carbocycles. The summed E-state index contributed by atoms with van der Waals surface area (Å²) in [4.78, 5) is 19.2. The minimum absolute atomic E-state index is 0.292. The van der Waals surface area contributed by atoms with Gasteiger partial charge in [-0.1, -0.05) is 11.6 Å². The first-order valence-electron chi connectivity index (χ1n) is 8.16. The van der Waals surface area contributed by atoms with Crippen LogP contribution in [-0.2, 0) is 4.79 Å². The number of aromatic amines is 1. The minimum Gasteiger partial charge on any atom is -0.345 e. The average molecular weight is 370 g/mol. The number of hydrogen-bond acceptors (Lipinski definition) is 3. The molecule has 5 rings (SSSR count).